The molecule has 1 aromatic carbocycles. The highest BCUT2D eigenvalue weighted by atomic mass is 79.9. The summed E-state index contributed by atoms with van der Waals surface area (Å²) in [7, 11) is 2.12. The Balaban J connectivity index is 1.84. The third kappa shape index (κ3) is 3.23. The van der Waals surface area contributed by atoms with E-state index in [9.17, 15) is 9.59 Å². The Hall–Kier alpha value is -1.66. The Morgan fingerprint density at radius 2 is 2.05 bits per heavy atom. The van der Waals surface area contributed by atoms with Crippen molar-refractivity contribution in [2.75, 3.05) is 20.1 Å². The van der Waals surface area contributed by atoms with Crippen molar-refractivity contribution in [2.24, 2.45) is 0 Å². The van der Waals surface area contributed by atoms with E-state index in [0.717, 1.165) is 30.4 Å². The molecule has 0 bridgehead atoms. The summed E-state index contributed by atoms with van der Waals surface area (Å²) in [5.74, 6) is -0.597. The SMILES string of the molecule is C[NH+]1CCC(OC(=O)c2cc3cc(Br)ccc3oc2=O)CC1. The van der Waals surface area contributed by atoms with Gasteiger partial charge >= 0.3 is 11.6 Å². The minimum absolute atomic E-state index is 0.0446. The fraction of sp³-hybridized carbons (Fsp3) is 0.375. The summed E-state index contributed by atoms with van der Waals surface area (Å²) in [4.78, 5) is 25.6. The molecule has 116 valence electrons. The molecule has 2 aromatic rings. The number of likely N-dealkylation sites (tertiary alicyclic amines) is 1. The van der Waals surface area contributed by atoms with Gasteiger partial charge in [-0.2, -0.15) is 0 Å². The number of benzene rings is 1. The van der Waals surface area contributed by atoms with E-state index in [4.69, 9.17) is 9.15 Å². The molecule has 0 saturated carbocycles. The van der Waals surface area contributed by atoms with Gasteiger partial charge in [0.25, 0.3) is 0 Å². The number of hydrogen-bond acceptors (Lipinski definition) is 4. The molecule has 0 radical (unpaired) electrons. The van der Waals surface area contributed by atoms with Crippen LogP contribution in [0.4, 0.5) is 0 Å². The second kappa shape index (κ2) is 6.22. The number of piperidine rings is 1. The minimum atomic E-state index is -0.654. The Kier molecular flexibility index (Phi) is 4.31. The average molecular weight is 367 g/mol. The third-order valence-electron chi connectivity index (χ3n) is 3.97. The van der Waals surface area contributed by atoms with Crippen molar-refractivity contribution in [3.63, 3.8) is 0 Å². The van der Waals surface area contributed by atoms with Crippen LogP contribution in [-0.2, 0) is 4.74 Å². The number of hydrogen-bond donors (Lipinski definition) is 1. The summed E-state index contributed by atoms with van der Waals surface area (Å²) in [6.07, 6.45) is 1.53. The van der Waals surface area contributed by atoms with Gasteiger partial charge in [-0.25, -0.2) is 9.59 Å². The highest BCUT2D eigenvalue weighted by molar-refractivity contribution is 9.10. The molecule has 1 saturated heterocycles. The lowest BCUT2D eigenvalue weighted by Crippen LogP contribution is -3.10. The lowest BCUT2D eigenvalue weighted by Gasteiger charge is -2.26. The van der Waals surface area contributed by atoms with E-state index in [1.807, 2.05) is 0 Å². The van der Waals surface area contributed by atoms with E-state index in [1.165, 1.54) is 11.0 Å². The molecular formula is C16H17BrNO4+. The molecule has 1 aliphatic rings. The first-order valence-corrected chi connectivity index (χ1v) is 8.08. The Morgan fingerprint density at radius 1 is 1.32 bits per heavy atom. The van der Waals surface area contributed by atoms with E-state index in [1.54, 1.807) is 18.2 Å². The van der Waals surface area contributed by atoms with Crippen LogP contribution in [0.5, 0.6) is 0 Å². The molecule has 0 unspecified atom stereocenters. The van der Waals surface area contributed by atoms with Crippen LogP contribution in [0.25, 0.3) is 11.0 Å². The van der Waals surface area contributed by atoms with Gasteiger partial charge < -0.3 is 14.1 Å². The Morgan fingerprint density at radius 3 is 2.77 bits per heavy atom. The number of halogens is 1. The summed E-state index contributed by atoms with van der Waals surface area (Å²) in [6, 6.07) is 6.81. The van der Waals surface area contributed by atoms with Crippen molar-refractivity contribution in [1.29, 1.82) is 0 Å². The maximum Gasteiger partial charge on any atom is 0.351 e. The number of quaternary nitrogens is 1. The van der Waals surface area contributed by atoms with Gasteiger partial charge in [0, 0.05) is 22.7 Å². The normalized spacial score (nSPS) is 21.7. The van der Waals surface area contributed by atoms with E-state index >= 15 is 0 Å². The molecule has 22 heavy (non-hydrogen) atoms. The summed E-state index contributed by atoms with van der Waals surface area (Å²) >= 11 is 3.36. The first-order chi connectivity index (χ1) is 10.5. The standard InChI is InChI=1S/C16H16BrNO4/c1-18-6-4-12(5-7-18)21-15(19)13-9-10-8-11(17)2-3-14(10)22-16(13)20/h2-3,8-9,12H,4-7H2,1H3/p+1. The zero-order valence-corrected chi connectivity index (χ0v) is 13.8. The fourth-order valence-electron chi connectivity index (χ4n) is 2.65. The van der Waals surface area contributed by atoms with E-state index in [0.29, 0.717) is 11.0 Å². The number of fused-ring (bicyclic) bond motifs is 1. The molecular weight excluding hydrogens is 350 g/mol. The number of rotatable bonds is 2. The molecule has 1 aromatic heterocycles. The summed E-state index contributed by atoms with van der Waals surface area (Å²) in [5.41, 5.74) is -0.247. The average Bonchev–Trinajstić information content (AvgIpc) is 2.49. The summed E-state index contributed by atoms with van der Waals surface area (Å²) in [6.45, 7) is 1.94. The predicted molar refractivity (Wildman–Crippen MR) is 85.2 cm³/mol. The smallest absolute Gasteiger partial charge is 0.351 e. The first-order valence-electron chi connectivity index (χ1n) is 7.28. The van der Waals surface area contributed by atoms with Crippen LogP contribution in [0.3, 0.4) is 0 Å². The molecule has 1 fully saturated rings. The number of esters is 1. The minimum Gasteiger partial charge on any atom is -0.458 e. The van der Waals surface area contributed by atoms with Gasteiger partial charge in [0.2, 0.25) is 0 Å². The maximum atomic E-state index is 12.2. The highest BCUT2D eigenvalue weighted by Gasteiger charge is 2.25. The zero-order chi connectivity index (χ0) is 15.7. The molecule has 1 N–H and O–H groups in total. The molecule has 2 heterocycles. The van der Waals surface area contributed by atoms with Gasteiger partial charge in [-0.05, 0) is 24.3 Å². The largest absolute Gasteiger partial charge is 0.458 e. The van der Waals surface area contributed by atoms with Crippen molar-refractivity contribution >= 4 is 32.9 Å². The van der Waals surface area contributed by atoms with E-state index < -0.39 is 11.6 Å². The van der Waals surface area contributed by atoms with Crippen LogP contribution in [0.15, 0.2) is 37.9 Å². The van der Waals surface area contributed by atoms with E-state index in [-0.39, 0.29) is 11.7 Å². The van der Waals surface area contributed by atoms with Crippen LogP contribution in [0.1, 0.15) is 23.2 Å². The topological polar surface area (TPSA) is 61.0 Å². The molecule has 1 aliphatic heterocycles. The molecule has 3 rings (SSSR count). The van der Waals surface area contributed by atoms with Gasteiger partial charge in [-0.3, -0.25) is 0 Å². The molecule has 0 aliphatic carbocycles. The molecule has 5 nitrogen and oxygen atoms in total. The second-order valence-corrected chi connectivity index (χ2v) is 6.61. The number of carbonyl (C=O) groups is 1. The Bertz CT molecular complexity index is 762. The van der Waals surface area contributed by atoms with Crippen LogP contribution in [0, 0.1) is 0 Å². The summed E-state index contributed by atoms with van der Waals surface area (Å²) < 4.78 is 11.5. The van der Waals surface area contributed by atoms with Gasteiger partial charge in [0.15, 0.2) is 0 Å². The maximum absolute atomic E-state index is 12.2. The first kappa shape index (κ1) is 15.2. The monoisotopic (exact) mass is 366 g/mol. The van der Waals surface area contributed by atoms with Gasteiger partial charge in [0.05, 0.1) is 20.1 Å². The van der Waals surface area contributed by atoms with Gasteiger partial charge in [-0.15, -0.1) is 0 Å². The predicted octanol–water partition coefficient (Wildman–Crippen LogP) is 1.39. The van der Waals surface area contributed by atoms with Gasteiger partial charge in [-0.1, -0.05) is 15.9 Å². The third-order valence-corrected chi connectivity index (χ3v) is 4.47. The Labute approximate surface area is 136 Å². The van der Waals surface area contributed by atoms with Crippen LogP contribution in [0.2, 0.25) is 0 Å². The molecule has 0 amide bonds. The van der Waals surface area contributed by atoms with Crippen LogP contribution >= 0.6 is 15.9 Å². The molecule has 0 atom stereocenters. The second-order valence-electron chi connectivity index (χ2n) is 5.69. The quantitative estimate of drug-likeness (QED) is 0.644. The van der Waals surface area contributed by atoms with Crippen molar-refractivity contribution in [1.82, 2.24) is 0 Å². The number of ether oxygens (including phenoxy) is 1. The number of carbonyl (C=O) groups excluding carboxylic acids is 1. The van der Waals surface area contributed by atoms with E-state index in [2.05, 4.69) is 23.0 Å². The zero-order valence-electron chi connectivity index (χ0n) is 12.2. The van der Waals surface area contributed by atoms with Crippen LogP contribution in [-0.4, -0.2) is 32.2 Å². The van der Waals surface area contributed by atoms with Gasteiger partial charge in [0.1, 0.15) is 17.3 Å². The highest BCUT2D eigenvalue weighted by Crippen LogP contribution is 2.20. The molecule has 0 spiro atoms. The fourth-order valence-corrected chi connectivity index (χ4v) is 3.03. The van der Waals surface area contributed by atoms with Crippen molar-refractivity contribution in [2.45, 2.75) is 18.9 Å². The lowest BCUT2D eigenvalue weighted by atomic mass is 10.1. The lowest BCUT2D eigenvalue weighted by molar-refractivity contribution is -0.885. The number of nitrogens with one attached hydrogen (secondary N) is 1. The van der Waals surface area contributed by atoms with Crippen LogP contribution < -0.4 is 10.5 Å². The van der Waals surface area contributed by atoms with Crippen molar-refractivity contribution in [3.05, 3.63) is 44.7 Å². The summed E-state index contributed by atoms with van der Waals surface area (Å²) in [5, 5.41) is 0.689. The van der Waals surface area contributed by atoms with Crippen molar-refractivity contribution < 1.29 is 18.8 Å². The van der Waals surface area contributed by atoms with Crippen molar-refractivity contribution in [3.8, 4) is 0 Å². The molecule has 6 heteroatoms.